The van der Waals surface area contributed by atoms with Gasteiger partial charge < -0.3 is 5.73 Å². The van der Waals surface area contributed by atoms with Crippen LogP contribution in [0.25, 0.3) is 0 Å². The van der Waals surface area contributed by atoms with Crippen molar-refractivity contribution in [3.05, 3.63) is 20.8 Å². The van der Waals surface area contributed by atoms with E-state index >= 15 is 0 Å². The summed E-state index contributed by atoms with van der Waals surface area (Å²) in [4.78, 5) is 1.40. The van der Waals surface area contributed by atoms with Gasteiger partial charge in [0, 0.05) is 21.3 Å². The quantitative estimate of drug-likeness (QED) is 0.863. The maximum atomic E-state index is 6.53. The third-order valence-corrected chi connectivity index (χ3v) is 5.73. The Morgan fingerprint density at radius 1 is 1.31 bits per heavy atom. The van der Waals surface area contributed by atoms with E-state index in [-0.39, 0.29) is 5.54 Å². The predicted octanol–water partition coefficient (Wildman–Crippen LogP) is 4.35. The first-order valence-electron chi connectivity index (χ1n) is 5.91. The molecule has 0 aliphatic heterocycles. The van der Waals surface area contributed by atoms with Gasteiger partial charge in [-0.1, -0.05) is 13.8 Å². The van der Waals surface area contributed by atoms with Crippen LogP contribution in [-0.2, 0) is 6.42 Å². The highest BCUT2D eigenvalue weighted by molar-refractivity contribution is 9.10. The van der Waals surface area contributed by atoms with Gasteiger partial charge in [0.2, 0.25) is 0 Å². The van der Waals surface area contributed by atoms with Crippen molar-refractivity contribution in [1.29, 1.82) is 0 Å². The Morgan fingerprint density at radius 2 is 1.94 bits per heavy atom. The SMILES string of the molecule is CC1(C)CCC(N)(Cc2sccc2Br)CC1. The molecule has 0 unspecified atom stereocenters. The molecule has 0 radical (unpaired) electrons. The van der Waals surface area contributed by atoms with Crippen molar-refractivity contribution in [2.24, 2.45) is 11.1 Å². The lowest BCUT2D eigenvalue weighted by Crippen LogP contribution is -2.46. The van der Waals surface area contributed by atoms with Crippen molar-refractivity contribution in [1.82, 2.24) is 0 Å². The average Bonchev–Trinajstić information content (AvgIpc) is 2.58. The summed E-state index contributed by atoms with van der Waals surface area (Å²) in [7, 11) is 0. The van der Waals surface area contributed by atoms with Crippen LogP contribution in [0.4, 0.5) is 0 Å². The van der Waals surface area contributed by atoms with E-state index in [2.05, 4.69) is 41.2 Å². The second kappa shape index (κ2) is 4.43. The van der Waals surface area contributed by atoms with Gasteiger partial charge in [-0.05, 0) is 58.5 Å². The smallest absolute Gasteiger partial charge is 0.0315 e. The zero-order chi connectivity index (χ0) is 11.8. The fourth-order valence-corrected chi connectivity index (χ4v) is 4.02. The van der Waals surface area contributed by atoms with Crippen molar-refractivity contribution in [3.63, 3.8) is 0 Å². The molecule has 0 saturated heterocycles. The van der Waals surface area contributed by atoms with Crippen LogP contribution in [0.3, 0.4) is 0 Å². The molecule has 2 N–H and O–H groups in total. The summed E-state index contributed by atoms with van der Waals surface area (Å²) in [6, 6.07) is 2.12. The molecule has 1 saturated carbocycles. The minimum atomic E-state index is 0.0306. The zero-order valence-corrected chi connectivity index (χ0v) is 12.5. The molecule has 1 aromatic rings. The summed E-state index contributed by atoms with van der Waals surface area (Å²) >= 11 is 5.41. The van der Waals surface area contributed by atoms with Crippen LogP contribution >= 0.6 is 27.3 Å². The second-order valence-electron chi connectivity index (χ2n) is 5.90. The highest BCUT2D eigenvalue weighted by atomic mass is 79.9. The van der Waals surface area contributed by atoms with Crippen LogP contribution in [0.5, 0.6) is 0 Å². The molecule has 1 nitrogen and oxygen atoms in total. The third kappa shape index (κ3) is 2.88. The lowest BCUT2D eigenvalue weighted by Gasteiger charge is -2.41. The van der Waals surface area contributed by atoms with Crippen molar-refractivity contribution in [2.45, 2.75) is 51.5 Å². The molecule has 3 heteroatoms. The summed E-state index contributed by atoms with van der Waals surface area (Å²) in [6.07, 6.45) is 5.86. The normalized spacial score (nSPS) is 23.2. The van der Waals surface area contributed by atoms with Crippen molar-refractivity contribution in [2.75, 3.05) is 0 Å². The van der Waals surface area contributed by atoms with Gasteiger partial charge in [-0.3, -0.25) is 0 Å². The van der Waals surface area contributed by atoms with Crippen molar-refractivity contribution >= 4 is 27.3 Å². The zero-order valence-electron chi connectivity index (χ0n) is 10.1. The van der Waals surface area contributed by atoms with Gasteiger partial charge in [0.1, 0.15) is 0 Å². The van der Waals surface area contributed by atoms with Crippen LogP contribution in [0, 0.1) is 5.41 Å². The fourth-order valence-electron chi connectivity index (χ4n) is 2.37. The Kier molecular flexibility index (Phi) is 3.49. The molecule has 1 aliphatic rings. The molecular weight excluding hydrogens is 282 g/mol. The standard InChI is InChI=1S/C13H20BrNS/c1-12(2)4-6-13(15,7-5-12)9-11-10(14)3-8-16-11/h3,8H,4-7,9,15H2,1-2H3. The monoisotopic (exact) mass is 301 g/mol. The van der Waals surface area contributed by atoms with E-state index in [0.29, 0.717) is 5.41 Å². The van der Waals surface area contributed by atoms with E-state index in [1.807, 2.05) is 11.3 Å². The van der Waals surface area contributed by atoms with Crippen LogP contribution in [-0.4, -0.2) is 5.54 Å². The van der Waals surface area contributed by atoms with E-state index in [4.69, 9.17) is 5.73 Å². The first-order chi connectivity index (χ1) is 7.40. The highest BCUT2D eigenvalue weighted by Crippen LogP contribution is 2.41. The molecule has 16 heavy (non-hydrogen) atoms. The van der Waals surface area contributed by atoms with Crippen LogP contribution < -0.4 is 5.73 Å². The van der Waals surface area contributed by atoms with Gasteiger partial charge >= 0.3 is 0 Å². The van der Waals surface area contributed by atoms with Gasteiger partial charge in [-0.2, -0.15) is 0 Å². The first kappa shape index (κ1) is 12.6. The molecular formula is C13H20BrNS. The Bertz CT molecular complexity index is 360. The van der Waals surface area contributed by atoms with Gasteiger partial charge in [0.25, 0.3) is 0 Å². The molecule has 0 aromatic carbocycles. The molecule has 0 amide bonds. The number of hydrogen-bond donors (Lipinski definition) is 1. The van der Waals surface area contributed by atoms with E-state index in [9.17, 15) is 0 Å². The largest absolute Gasteiger partial charge is 0.325 e. The number of rotatable bonds is 2. The average molecular weight is 302 g/mol. The number of halogens is 1. The summed E-state index contributed by atoms with van der Waals surface area (Å²) < 4.78 is 1.23. The lowest BCUT2D eigenvalue weighted by molar-refractivity contribution is 0.165. The number of hydrogen-bond acceptors (Lipinski definition) is 2. The molecule has 0 spiro atoms. The van der Waals surface area contributed by atoms with Crippen LogP contribution in [0.1, 0.15) is 44.4 Å². The molecule has 90 valence electrons. The van der Waals surface area contributed by atoms with Gasteiger partial charge in [0.15, 0.2) is 0 Å². The summed E-state index contributed by atoms with van der Waals surface area (Å²) in [5.41, 5.74) is 7.05. The molecule has 1 heterocycles. The predicted molar refractivity (Wildman–Crippen MR) is 74.9 cm³/mol. The Morgan fingerprint density at radius 3 is 2.44 bits per heavy atom. The number of nitrogens with two attached hydrogens (primary N) is 1. The molecule has 1 aromatic heterocycles. The molecule has 0 atom stereocenters. The van der Waals surface area contributed by atoms with E-state index < -0.39 is 0 Å². The topological polar surface area (TPSA) is 26.0 Å². The van der Waals surface area contributed by atoms with E-state index in [1.165, 1.54) is 22.2 Å². The first-order valence-corrected chi connectivity index (χ1v) is 7.58. The Hall–Kier alpha value is 0.140. The lowest BCUT2D eigenvalue weighted by atomic mass is 9.68. The summed E-state index contributed by atoms with van der Waals surface area (Å²) in [5, 5.41) is 2.13. The minimum Gasteiger partial charge on any atom is -0.325 e. The molecule has 1 aliphatic carbocycles. The fraction of sp³-hybridized carbons (Fsp3) is 0.692. The maximum absolute atomic E-state index is 6.53. The Balaban J connectivity index is 2.03. The van der Waals surface area contributed by atoms with Crippen LogP contribution in [0.2, 0.25) is 0 Å². The van der Waals surface area contributed by atoms with E-state index in [1.54, 1.807) is 0 Å². The van der Waals surface area contributed by atoms with Gasteiger partial charge in [0.05, 0.1) is 0 Å². The third-order valence-electron chi connectivity index (χ3n) is 3.80. The van der Waals surface area contributed by atoms with Crippen molar-refractivity contribution < 1.29 is 0 Å². The molecule has 1 fully saturated rings. The van der Waals surface area contributed by atoms with Crippen LogP contribution in [0.15, 0.2) is 15.9 Å². The van der Waals surface area contributed by atoms with Gasteiger partial charge in [-0.25, -0.2) is 0 Å². The Labute approximate surface area is 111 Å². The second-order valence-corrected chi connectivity index (χ2v) is 7.75. The maximum Gasteiger partial charge on any atom is 0.0315 e. The molecule has 0 bridgehead atoms. The summed E-state index contributed by atoms with van der Waals surface area (Å²) in [6.45, 7) is 4.71. The molecule has 2 rings (SSSR count). The van der Waals surface area contributed by atoms with Gasteiger partial charge in [-0.15, -0.1) is 11.3 Å². The van der Waals surface area contributed by atoms with Crippen molar-refractivity contribution in [3.8, 4) is 0 Å². The van der Waals surface area contributed by atoms with E-state index in [0.717, 1.165) is 19.3 Å². The minimum absolute atomic E-state index is 0.0306. The summed E-state index contributed by atoms with van der Waals surface area (Å²) in [5.74, 6) is 0. The highest BCUT2D eigenvalue weighted by Gasteiger charge is 2.35. The number of thiophene rings is 1.